The van der Waals surface area contributed by atoms with Crippen LogP contribution in [0, 0.1) is 9.39 Å². The van der Waals surface area contributed by atoms with E-state index in [1.807, 2.05) is 12.1 Å². The molecule has 0 unspecified atom stereocenters. The zero-order valence-electron chi connectivity index (χ0n) is 12.7. The summed E-state index contributed by atoms with van der Waals surface area (Å²) in [7, 11) is -3.87. The SMILES string of the molecule is CS(=O)(=O)N(c1ccc(F)cc1)[C@@H](Cc1ccc(I)cc1)C(=O)O. The lowest BCUT2D eigenvalue weighted by molar-refractivity contribution is -0.138. The highest BCUT2D eigenvalue weighted by atomic mass is 127. The zero-order valence-corrected chi connectivity index (χ0v) is 15.7. The van der Waals surface area contributed by atoms with Crippen LogP contribution in [0.5, 0.6) is 0 Å². The van der Waals surface area contributed by atoms with Gasteiger partial charge in [0.05, 0.1) is 11.9 Å². The number of anilines is 1. The van der Waals surface area contributed by atoms with Crippen LogP contribution in [0.15, 0.2) is 48.5 Å². The number of aliphatic carboxylic acids is 1. The minimum absolute atomic E-state index is 0.00327. The second-order valence-corrected chi connectivity index (χ2v) is 8.32. The molecule has 0 aliphatic carbocycles. The first-order chi connectivity index (χ1) is 11.2. The number of hydrogen-bond donors (Lipinski definition) is 1. The molecule has 128 valence electrons. The Kier molecular flexibility index (Phi) is 5.81. The zero-order chi connectivity index (χ0) is 17.9. The van der Waals surface area contributed by atoms with Crippen LogP contribution in [-0.2, 0) is 21.2 Å². The van der Waals surface area contributed by atoms with Crippen LogP contribution in [0.25, 0.3) is 0 Å². The summed E-state index contributed by atoms with van der Waals surface area (Å²) >= 11 is 2.12. The molecule has 0 amide bonds. The highest BCUT2D eigenvalue weighted by Crippen LogP contribution is 2.23. The van der Waals surface area contributed by atoms with Crippen molar-refractivity contribution in [1.29, 1.82) is 0 Å². The van der Waals surface area contributed by atoms with E-state index in [0.29, 0.717) is 5.56 Å². The molecule has 2 aromatic rings. The van der Waals surface area contributed by atoms with Gasteiger partial charge in [0, 0.05) is 9.99 Å². The number of halogens is 2. The maximum atomic E-state index is 13.1. The summed E-state index contributed by atoms with van der Waals surface area (Å²) in [6.45, 7) is 0. The van der Waals surface area contributed by atoms with Crippen LogP contribution in [-0.4, -0.2) is 31.8 Å². The van der Waals surface area contributed by atoms with Gasteiger partial charge in [-0.25, -0.2) is 17.6 Å². The molecule has 0 heterocycles. The van der Waals surface area contributed by atoms with Crippen molar-refractivity contribution in [1.82, 2.24) is 0 Å². The second-order valence-electron chi connectivity index (χ2n) is 5.22. The van der Waals surface area contributed by atoms with E-state index >= 15 is 0 Å². The molecule has 0 saturated heterocycles. The molecular weight excluding hydrogens is 448 g/mol. The standard InChI is InChI=1S/C16H15FINO4S/c1-24(22,23)19(14-8-4-12(17)5-9-14)15(16(20)21)10-11-2-6-13(18)7-3-11/h2-9,15H,10H2,1H3,(H,20,21)/t15-/m0/s1. The van der Waals surface area contributed by atoms with Crippen molar-refractivity contribution in [2.24, 2.45) is 0 Å². The number of nitrogens with zero attached hydrogens (tertiary/aromatic N) is 1. The molecule has 0 fully saturated rings. The average Bonchev–Trinajstić information content (AvgIpc) is 2.49. The van der Waals surface area contributed by atoms with Gasteiger partial charge < -0.3 is 5.11 Å². The molecule has 1 atom stereocenters. The second kappa shape index (κ2) is 7.47. The fraction of sp³-hybridized carbons (Fsp3) is 0.188. The molecule has 1 N–H and O–H groups in total. The molecule has 0 aromatic heterocycles. The number of carbonyl (C=O) groups is 1. The van der Waals surface area contributed by atoms with Crippen LogP contribution < -0.4 is 4.31 Å². The van der Waals surface area contributed by atoms with E-state index in [1.165, 1.54) is 12.1 Å². The number of benzene rings is 2. The Bertz CT molecular complexity index is 822. The highest BCUT2D eigenvalue weighted by Gasteiger charge is 2.32. The number of sulfonamides is 1. The van der Waals surface area contributed by atoms with E-state index in [9.17, 15) is 22.7 Å². The van der Waals surface area contributed by atoms with Gasteiger partial charge in [-0.05, 0) is 64.6 Å². The molecule has 0 spiro atoms. The maximum Gasteiger partial charge on any atom is 0.327 e. The van der Waals surface area contributed by atoms with Gasteiger partial charge in [-0.1, -0.05) is 12.1 Å². The van der Waals surface area contributed by atoms with Gasteiger partial charge >= 0.3 is 5.97 Å². The lowest BCUT2D eigenvalue weighted by atomic mass is 10.1. The summed E-state index contributed by atoms with van der Waals surface area (Å²) in [6, 6.07) is 10.5. The number of rotatable bonds is 6. The molecular formula is C16H15FINO4S. The first kappa shape index (κ1) is 18.7. The molecule has 0 aliphatic heterocycles. The minimum atomic E-state index is -3.87. The lowest BCUT2D eigenvalue weighted by Gasteiger charge is -2.29. The van der Waals surface area contributed by atoms with Gasteiger partial charge in [-0.3, -0.25) is 4.31 Å². The molecule has 2 aromatic carbocycles. The van der Waals surface area contributed by atoms with Crippen molar-refractivity contribution in [3.8, 4) is 0 Å². The summed E-state index contributed by atoms with van der Waals surface area (Å²) in [4.78, 5) is 11.7. The Hall–Kier alpha value is -1.68. The summed E-state index contributed by atoms with van der Waals surface area (Å²) in [5.41, 5.74) is 0.801. The van der Waals surface area contributed by atoms with Crippen molar-refractivity contribution in [2.45, 2.75) is 12.5 Å². The van der Waals surface area contributed by atoms with Crippen molar-refractivity contribution >= 4 is 44.3 Å². The Balaban J connectivity index is 2.45. The van der Waals surface area contributed by atoms with Crippen molar-refractivity contribution < 1.29 is 22.7 Å². The van der Waals surface area contributed by atoms with E-state index in [-0.39, 0.29) is 12.1 Å². The topological polar surface area (TPSA) is 74.7 Å². The molecule has 8 heteroatoms. The predicted molar refractivity (Wildman–Crippen MR) is 98.0 cm³/mol. The van der Waals surface area contributed by atoms with Crippen LogP contribution in [0.4, 0.5) is 10.1 Å². The van der Waals surface area contributed by atoms with Crippen LogP contribution in [0.2, 0.25) is 0 Å². The number of carboxylic acids is 1. The van der Waals surface area contributed by atoms with Gasteiger partial charge in [0.25, 0.3) is 0 Å². The van der Waals surface area contributed by atoms with Crippen molar-refractivity contribution in [3.05, 3.63) is 63.5 Å². The summed E-state index contributed by atoms with van der Waals surface area (Å²) < 4.78 is 39.3. The molecule has 0 bridgehead atoms. The third kappa shape index (κ3) is 4.67. The van der Waals surface area contributed by atoms with Crippen LogP contribution in [0.3, 0.4) is 0 Å². The Morgan fingerprint density at radius 2 is 1.71 bits per heavy atom. The minimum Gasteiger partial charge on any atom is -0.480 e. The van der Waals surface area contributed by atoms with Crippen molar-refractivity contribution in [3.63, 3.8) is 0 Å². The lowest BCUT2D eigenvalue weighted by Crippen LogP contribution is -2.46. The highest BCUT2D eigenvalue weighted by molar-refractivity contribution is 14.1. The molecule has 2 rings (SSSR count). The monoisotopic (exact) mass is 463 g/mol. The van der Waals surface area contributed by atoms with Gasteiger partial charge in [-0.15, -0.1) is 0 Å². The average molecular weight is 463 g/mol. The molecule has 0 aliphatic rings. The van der Waals surface area contributed by atoms with Crippen LogP contribution >= 0.6 is 22.6 Å². The molecule has 0 radical (unpaired) electrons. The normalized spacial score (nSPS) is 12.6. The fourth-order valence-corrected chi connectivity index (χ4v) is 3.80. The van der Waals surface area contributed by atoms with E-state index in [1.54, 1.807) is 12.1 Å². The van der Waals surface area contributed by atoms with E-state index in [2.05, 4.69) is 22.6 Å². The smallest absolute Gasteiger partial charge is 0.327 e. The first-order valence-electron chi connectivity index (χ1n) is 6.90. The predicted octanol–water partition coefficient (Wildman–Crippen LogP) is 2.89. The Morgan fingerprint density at radius 3 is 2.17 bits per heavy atom. The van der Waals surface area contributed by atoms with E-state index in [4.69, 9.17) is 0 Å². The maximum absolute atomic E-state index is 13.1. The van der Waals surface area contributed by atoms with E-state index < -0.39 is 27.9 Å². The van der Waals surface area contributed by atoms with Gasteiger partial charge in [0.2, 0.25) is 10.0 Å². The van der Waals surface area contributed by atoms with Gasteiger partial charge in [0.1, 0.15) is 11.9 Å². The fourth-order valence-electron chi connectivity index (χ4n) is 2.30. The molecule has 0 saturated carbocycles. The molecule has 5 nitrogen and oxygen atoms in total. The number of hydrogen-bond acceptors (Lipinski definition) is 3. The number of carboxylic acid groups (broad SMARTS) is 1. The molecule has 24 heavy (non-hydrogen) atoms. The van der Waals surface area contributed by atoms with Gasteiger partial charge in [-0.2, -0.15) is 0 Å². The Labute approximate surface area is 153 Å². The summed E-state index contributed by atoms with van der Waals surface area (Å²) in [6.07, 6.45) is 0.928. The van der Waals surface area contributed by atoms with E-state index in [0.717, 1.165) is 26.3 Å². The van der Waals surface area contributed by atoms with Crippen LogP contribution in [0.1, 0.15) is 5.56 Å². The summed E-state index contributed by atoms with van der Waals surface area (Å²) in [5.74, 6) is -1.81. The summed E-state index contributed by atoms with van der Waals surface area (Å²) in [5, 5.41) is 9.56. The third-order valence-corrected chi connectivity index (χ3v) is 5.25. The quantitative estimate of drug-likeness (QED) is 0.669. The van der Waals surface area contributed by atoms with Crippen molar-refractivity contribution in [2.75, 3.05) is 10.6 Å². The first-order valence-corrected chi connectivity index (χ1v) is 9.83. The third-order valence-electron chi connectivity index (χ3n) is 3.35. The Morgan fingerprint density at radius 1 is 1.17 bits per heavy atom. The largest absolute Gasteiger partial charge is 0.480 e. The van der Waals surface area contributed by atoms with Gasteiger partial charge in [0.15, 0.2) is 0 Å².